The fraction of sp³-hybridized carbons (Fsp3) is 0.333. The first-order valence-electron chi connectivity index (χ1n) is 10.6. The van der Waals surface area contributed by atoms with E-state index in [1.54, 1.807) is 54.6 Å². The van der Waals surface area contributed by atoms with Gasteiger partial charge < -0.3 is 0 Å². The lowest BCUT2D eigenvalue weighted by atomic mass is 10.1. The largest absolute Gasteiger partial charge is 0.265 e. The molecule has 4 rings (SSSR count). The highest BCUT2D eigenvalue weighted by Crippen LogP contribution is 2.39. The second-order valence-electron chi connectivity index (χ2n) is 8.12. The van der Waals surface area contributed by atoms with Crippen molar-refractivity contribution in [1.29, 1.82) is 0 Å². The maximum absolute atomic E-state index is 13.7. The summed E-state index contributed by atoms with van der Waals surface area (Å²) < 4.78 is 56.0. The lowest BCUT2D eigenvalue weighted by Crippen LogP contribution is -2.41. The number of rotatable bonds is 4. The van der Waals surface area contributed by atoms with Crippen molar-refractivity contribution in [2.24, 2.45) is 0 Å². The Morgan fingerprint density at radius 1 is 0.839 bits per heavy atom. The SMILES string of the molecule is Cc1ccc(S(=O)(=O)N2C3=CC[C@@H]2C/C=C/CCC[C@@H]3S(=O)(=O)c2ccccc2)cc1. The van der Waals surface area contributed by atoms with Crippen LogP contribution in [0.3, 0.4) is 0 Å². The Hall–Kier alpha value is -2.38. The Balaban J connectivity index is 1.83. The molecule has 0 amide bonds. The first kappa shape index (κ1) is 21.8. The highest BCUT2D eigenvalue weighted by Gasteiger charge is 2.43. The summed E-state index contributed by atoms with van der Waals surface area (Å²) in [6.07, 6.45) is 8.77. The normalized spacial score (nSPS) is 23.3. The molecule has 2 heterocycles. The molecule has 0 spiro atoms. The number of sulfonamides is 1. The summed E-state index contributed by atoms with van der Waals surface area (Å²) in [5.74, 6) is 0. The Labute approximate surface area is 185 Å². The van der Waals surface area contributed by atoms with E-state index in [0.29, 0.717) is 31.4 Å². The van der Waals surface area contributed by atoms with Crippen molar-refractivity contribution in [3.05, 3.63) is 84.1 Å². The standard InChI is InChI=1S/C24H27NO4S2/c1-19-13-16-22(17-14-19)31(28,29)25-20-9-5-2-3-8-12-24(23(25)18-15-20)30(26,27)21-10-6-4-7-11-21/h2,4-7,10-11,13-14,16-18,20,24H,3,8-9,12,15H2,1H3/b5-2+/t20-,24-/m0/s1. The first-order valence-corrected chi connectivity index (χ1v) is 13.6. The molecule has 164 valence electrons. The van der Waals surface area contributed by atoms with Crippen molar-refractivity contribution in [2.45, 2.75) is 60.1 Å². The maximum Gasteiger partial charge on any atom is 0.264 e. The number of aryl methyl sites for hydroxylation is 1. The van der Waals surface area contributed by atoms with Gasteiger partial charge in [-0.25, -0.2) is 16.8 Å². The van der Waals surface area contributed by atoms with E-state index in [4.69, 9.17) is 0 Å². The van der Waals surface area contributed by atoms with Crippen LogP contribution in [0.1, 0.15) is 37.7 Å². The van der Waals surface area contributed by atoms with Gasteiger partial charge in [0, 0.05) is 5.70 Å². The summed E-state index contributed by atoms with van der Waals surface area (Å²) in [7, 11) is -7.64. The minimum Gasteiger partial charge on any atom is -0.265 e. The molecule has 2 atom stereocenters. The molecular formula is C24H27NO4S2. The molecule has 2 aromatic carbocycles. The Morgan fingerprint density at radius 2 is 1.55 bits per heavy atom. The van der Waals surface area contributed by atoms with Crippen LogP contribution in [0.15, 0.2) is 88.3 Å². The third-order valence-electron chi connectivity index (χ3n) is 5.95. The molecule has 31 heavy (non-hydrogen) atoms. The van der Waals surface area contributed by atoms with Crippen LogP contribution in [0, 0.1) is 6.92 Å². The topological polar surface area (TPSA) is 71.5 Å². The fourth-order valence-corrected chi connectivity index (χ4v) is 7.99. The summed E-state index contributed by atoms with van der Waals surface area (Å²) >= 11 is 0. The van der Waals surface area contributed by atoms with Crippen LogP contribution >= 0.6 is 0 Å². The lowest BCUT2D eigenvalue weighted by Gasteiger charge is -2.33. The number of benzene rings is 2. The minimum absolute atomic E-state index is 0.188. The molecule has 0 aromatic heterocycles. The smallest absolute Gasteiger partial charge is 0.264 e. The molecule has 0 saturated heterocycles. The lowest BCUT2D eigenvalue weighted by molar-refractivity contribution is 0.391. The number of sulfone groups is 1. The molecule has 0 radical (unpaired) electrons. The average Bonchev–Trinajstić information content (AvgIpc) is 3.16. The van der Waals surface area contributed by atoms with Crippen LogP contribution in [-0.4, -0.2) is 32.4 Å². The number of allylic oxidation sites excluding steroid dienone is 1. The van der Waals surface area contributed by atoms with E-state index in [1.807, 2.05) is 25.2 Å². The minimum atomic E-state index is -3.89. The predicted octanol–water partition coefficient (Wildman–Crippen LogP) is 4.61. The van der Waals surface area contributed by atoms with E-state index >= 15 is 0 Å². The summed E-state index contributed by atoms with van der Waals surface area (Å²) in [5, 5.41) is -0.897. The fourth-order valence-electron chi connectivity index (χ4n) is 4.31. The van der Waals surface area contributed by atoms with Gasteiger partial charge in [-0.3, -0.25) is 4.31 Å². The highest BCUT2D eigenvalue weighted by atomic mass is 32.2. The van der Waals surface area contributed by atoms with Crippen LogP contribution in [0.4, 0.5) is 0 Å². The van der Waals surface area contributed by atoms with Gasteiger partial charge in [0.2, 0.25) is 0 Å². The van der Waals surface area contributed by atoms with E-state index in [0.717, 1.165) is 12.0 Å². The van der Waals surface area contributed by atoms with Gasteiger partial charge in [0.05, 0.1) is 15.8 Å². The Kier molecular flexibility index (Phi) is 6.08. The van der Waals surface area contributed by atoms with Gasteiger partial charge in [0.1, 0.15) is 5.25 Å². The van der Waals surface area contributed by atoms with Crippen molar-refractivity contribution in [3.63, 3.8) is 0 Å². The number of hydrogen-bond donors (Lipinski definition) is 0. The molecule has 0 aliphatic carbocycles. The molecule has 7 heteroatoms. The molecule has 0 fully saturated rings. The molecule has 5 nitrogen and oxygen atoms in total. The quantitative estimate of drug-likeness (QED) is 0.629. The summed E-state index contributed by atoms with van der Waals surface area (Å²) in [5.41, 5.74) is 1.36. The maximum atomic E-state index is 13.7. The summed E-state index contributed by atoms with van der Waals surface area (Å²) in [6.45, 7) is 1.90. The van der Waals surface area contributed by atoms with Gasteiger partial charge in [-0.1, -0.05) is 54.1 Å². The van der Waals surface area contributed by atoms with Crippen LogP contribution in [-0.2, 0) is 19.9 Å². The molecule has 0 unspecified atom stereocenters. The van der Waals surface area contributed by atoms with Crippen molar-refractivity contribution in [1.82, 2.24) is 4.31 Å². The van der Waals surface area contributed by atoms with Gasteiger partial charge in [-0.15, -0.1) is 0 Å². The van der Waals surface area contributed by atoms with Crippen molar-refractivity contribution >= 4 is 19.9 Å². The van der Waals surface area contributed by atoms with Crippen LogP contribution in [0.25, 0.3) is 0 Å². The zero-order valence-electron chi connectivity index (χ0n) is 17.5. The van der Waals surface area contributed by atoms with E-state index in [1.165, 1.54) is 4.31 Å². The predicted molar refractivity (Wildman–Crippen MR) is 122 cm³/mol. The number of hydrogen-bond acceptors (Lipinski definition) is 4. The second kappa shape index (κ2) is 8.63. The van der Waals surface area contributed by atoms with E-state index in [-0.39, 0.29) is 15.8 Å². The third-order valence-corrected chi connectivity index (χ3v) is 10.0. The Bertz CT molecular complexity index is 1200. The molecule has 2 aliphatic heterocycles. The van der Waals surface area contributed by atoms with E-state index in [9.17, 15) is 16.8 Å². The number of nitrogens with zero attached hydrogens (tertiary/aromatic N) is 1. The molecule has 2 aromatic rings. The highest BCUT2D eigenvalue weighted by molar-refractivity contribution is 7.92. The molecule has 2 bridgehead atoms. The average molecular weight is 458 g/mol. The van der Waals surface area contributed by atoms with Crippen LogP contribution in [0.2, 0.25) is 0 Å². The van der Waals surface area contributed by atoms with Gasteiger partial charge in [-0.2, -0.15) is 0 Å². The van der Waals surface area contributed by atoms with E-state index in [2.05, 4.69) is 0 Å². The van der Waals surface area contributed by atoms with Crippen molar-refractivity contribution < 1.29 is 16.8 Å². The van der Waals surface area contributed by atoms with Gasteiger partial charge in [0.25, 0.3) is 10.0 Å². The number of fused-ring (bicyclic) bond motifs is 2. The van der Waals surface area contributed by atoms with E-state index < -0.39 is 25.1 Å². The molecule has 0 N–H and O–H groups in total. The van der Waals surface area contributed by atoms with Crippen LogP contribution < -0.4 is 0 Å². The zero-order valence-corrected chi connectivity index (χ0v) is 19.1. The third kappa shape index (κ3) is 4.21. The summed E-state index contributed by atoms with van der Waals surface area (Å²) in [4.78, 5) is 0.414. The van der Waals surface area contributed by atoms with Crippen LogP contribution in [0.5, 0.6) is 0 Å². The Morgan fingerprint density at radius 3 is 2.26 bits per heavy atom. The van der Waals surface area contributed by atoms with Gasteiger partial charge in [-0.05, 0) is 63.3 Å². The van der Waals surface area contributed by atoms with Gasteiger partial charge in [0.15, 0.2) is 9.84 Å². The summed E-state index contributed by atoms with van der Waals surface area (Å²) in [6, 6.07) is 14.7. The monoisotopic (exact) mass is 457 g/mol. The van der Waals surface area contributed by atoms with Gasteiger partial charge >= 0.3 is 0 Å². The first-order chi connectivity index (χ1) is 14.8. The molecular weight excluding hydrogens is 430 g/mol. The molecule has 2 aliphatic rings. The zero-order chi connectivity index (χ0) is 22.1. The molecule has 0 saturated carbocycles. The second-order valence-corrected chi connectivity index (χ2v) is 12.1. The van der Waals surface area contributed by atoms with Crippen molar-refractivity contribution in [2.75, 3.05) is 0 Å². The van der Waals surface area contributed by atoms with Crippen molar-refractivity contribution in [3.8, 4) is 0 Å².